The number of benzene rings is 1. The molecule has 3 rings (SSSR count). The molecule has 2 aromatic heterocycles. The van der Waals surface area contributed by atoms with Crippen molar-refractivity contribution in [3.63, 3.8) is 0 Å². The van der Waals surface area contributed by atoms with Gasteiger partial charge in [0.05, 0.1) is 19.9 Å². The lowest BCUT2D eigenvalue weighted by molar-refractivity contribution is -0.389. The number of aromatic nitrogens is 2. The Hall–Kier alpha value is -3.62. The molecule has 9 nitrogen and oxygen atoms in total. The lowest BCUT2D eigenvalue weighted by atomic mass is 10.3. The number of hydrogen-bond donors (Lipinski definition) is 1. The predicted molar refractivity (Wildman–Crippen MR) is 101 cm³/mol. The summed E-state index contributed by atoms with van der Waals surface area (Å²) in [6.45, 7) is 2.14. The fraction of sp³-hybridized carbons (Fsp3) is 0.222. The van der Waals surface area contributed by atoms with Crippen LogP contribution in [0.2, 0.25) is 0 Å². The average Bonchev–Trinajstić information content (AvgIpc) is 3.06. The number of hydrogen-bond acceptors (Lipinski definition) is 6. The molecule has 2 heterocycles. The highest BCUT2D eigenvalue weighted by atomic mass is 16.6. The van der Waals surface area contributed by atoms with Gasteiger partial charge in [-0.05, 0) is 42.2 Å². The Bertz CT molecular complexity index is 968. The topological polar surface area (TPSA) is 102 Å². The Morgan fingerprint density at radius 2 is 2.04 bits per heavy atom. The first-order valence-electron chi connectivity index (χ1n) is 8.33. The molecule has 0 saturated heterocycles. The summed E-state index contributed by atoms with van der Waals surface area (Å²) in [4.78, 5) is 29.4. The van der Waals surface area contributed by atoms with Gasteiger partial charge in [-0.3, -0.25) is 4.79 Å². The molecule has 1 amide bonds. The molecule has 0 fully saturated rings. The maximum atomic E-state index is 12.4. The number of carbonyl (C=O) groups excluding carboxylic acids is 1. The number of nitro groups is 1. The van der Waals surface area contributed by atoms with Crippen molar-refractivity contribution in [3.8, 4) is 5.75 Å². The molecular formula is C18H19N5O4. The maximum Gasteiger partial charge on any atom is 0.372 e. The predicted octanol–water partition coefficient (Wildman–Crippen LogP) is 2.72. The second kappa shape index (κ2) is 7.73. The number of anilines is 2. The first-order valence-corrected chi connectivity index (χ1v) is 8.33. The van der Waals surface area contributed by atoms with E-state index in [9.17, 15) is 14.9 Å². The van der Waals surface area contributed by atoms with Crippen LogP contribution in [0.25, 0.3) is 5.65 Å². The Labute approximate surface area is 155 Å². The van der Waals surface area contributed by atoms with Crippen LogP contribution in [0.1, 0.15) is 6.92 Å². The summed E-state index contributed by atoms with van der Waals surface area (Å²) in [6.07, 6.45) is 1.58. The zero-order chi connectivity index (χ0) is 19.4. The largest absolute Gasteiger partial charge is 0.497 e. The SMILES string of the molecule is CCN(CC(=O)Nc1ccc(OC)cc1)c1nc2ccccn2c1[N+](=O)[O-]. The summed E-state index contributed by atoms with van der Waals surface area (Å²) in [5.41, 5.74) is 1.06. The van der Waals surface area contributed by atoms with Crippen LogP contribution in [0.3, 0.4) is 0 Å². The highest BCUT2D eigenvalue weighted by molar-refractivity contribution is 5.94. The highest BCUT2D eigenvalue weighted by Gasteiger charge is 2.27. The third kappa shape index (κ3) is 3.81. The van der Waals surface area contributed by atoms with Gasteiger partial charge in [0.1, 0.15) is 5.75 Å². The summed E-state index contributed by atoms with van der Waals surface area (Å²) in [5, 5.41) is 14.3. The Morgan fingerprint density at radius 1 is 1.30 bits per heavy atom. The Morgan fingerprint density at radius 3 is 2.67 bits per heavy atom. The molecular weight excluding hydrogens is 350 g/mol. The average molecular weight is 369 g/mol. The van der Waals surface area contributed by atoms with Gasteiger partial charge in [0.2, 0.25) is 17.4 Å². The quantitative estimate of drug-likeness (QED) is 0.507. The molecule has 140 valence electrons. The smallest absolute Gasteiger partial charge is 0.372 e. The lowest BCUT2D eigenvalue weighted by Crippen LogP contribution is -2.33. The number of nitrogens with one attached hydrogen (secondary N) is 1. The minimum atomic E-state index is -0.487. The van der Waals surface area contributed by atoms with E-state index in [0.29, 0.717) is 23.6 Å². The van der Waals surface area contributed by atoms with Gasteiger partial charge in [-0.15, -0.1) is 0 Å². The third-order valence-electron chi connectivity index (χ3n) is 4.05. The van der Waals surface area contributed by atoms with Crippen molar-refractivity contribution in [3.05, 3.63) is 58.8 Å². The van der Waals surface area contributed by atoms with Gasteiger partial charge in [-0.2, -0.15) is 9.38 Å². The minimum absolute atomic E-state index is 0.0623. The van der Waals surface area contributed by atoms with Crippen molar-refractivity contribution < 1.29 is 14.5 Å². The van der Waals surface area contributed by atoms with Crippen molar-refractivity contribution in [1.29, 1.82) is 0 Å². The molecule has 0 saturated carbocycles. The standard InChI is InChI=1S/C18H19N5O4/c1-3-21(12-16(24)19-13-7-9-14(27-2)10-8-13)17-18(23(25)26)22-11-5-4-6-15(22)20-17/h4-11H,3,12H2,1-2H3,(H,19,24). The number of nitrogens with zero attached hydrogens (tertiary/aromatic N) is 4. The number of pyridine rings is 1. The van der Waals surface area contributed by atoms with Gasteiger partial charge in [0.15, 0.2) is 0 Å². The van der Waals surface area contributed by atoms with Gasteiger partial charge >= 0.3 is 5.82 Å². The fourth-order valence-electron chi connectivity index (χ4n) is 2.74. The first-order chi connectivity index (χ1) is 13.0. The zero-order valence-corrected chi connectivity index (χ0v) is 15.0. The summed E-state index contributed by atoms with van der Waals surface area (Å²) in [6, 6.07) is 12.0. The molecule has 0 aliphatic rings. The van der Waals surface area contributed by atoms with E-state index in [0.717, 1.165) is 0 Å². The molecule has 0 aliphatic heterocycles. The van der Waals surface area contributed by atoms with Crippen LogP contribution in [0.5, 0.6) is 5.75 Å². The number of carbonyl (C=O) groups is 1. The van der Waals surface area contributed by atoms with Gasteiger partial charge in [0.25, 0.3) is 0 Å². The first kappa shape index (κ1) is 18.2. The van der Waals surface area contributed by atoms with Crippen LogP contribution in [0.15, 0.2) is 48.7 Å². The van der Waals surface area contributed by atoms with Crippen molar-refractivity contribution in [2.24, 2.45) is 0 Å². The number of rotatable bonds is 7. The monoisotopic (exact) mass is 369 g/mol. The second-order valence-corrected chi connectivity index (χ2v) is 5.74. The molecule has 0 unspecified atom stereocenters. The van der Waals surface area contributed by atoms with Crippen LogP contribution in [-0.2, 0) is 4.79 Å². The number of amides is 1. The fourth-order valence-corrected chi connectivity index (χ4v) is 2.74. The summed E-state index contributed by atoms with van der Waals surface area (Å²) in [7, 11) is 1.56. The van der Waals surface area contributed by atoms with E-state index in [-0.39, 0.29) is 24.1 Å². The van der Waals surface area contributed by atoms with Gasteiger partial charge < -0.3 is 25.1 Å². The molecule has 3 aromatic rings. The number of methoxy groups -OCH3 is 1. The van der Waals surface area contributed by atoms with Crippen molar-refractivity contribution in [2.75, 3.05) is 30.4 Å². The molecule has 1 N–H and O–H groups in total. The van der Waals surface area contributed by atoms with Gasteiger partial charge in [0, 0.05) is 18.3 Å². The van der Waals surface area contributed by atoms with Gasteiger partial charge in [-0.1, -0.05) is 6.07 Å². The van der Waals surface area contributed by atoms with Gasteiger partial charge in [-0.25, -0.2) is 0 Å². The highest BCUT2D eigenvalue weighted by Crippen LogP contribution is 2.28. The van der Waals surface area contributed by atoms with Crippen LogP contribution in [-0.4, -0.2) is 40.4 Å². The van der Waals surface area contributed by atoms with E-state index in [1.165, 1.54) is 4.40 Å². The molecule has 27 heavy (non-hydrogen) atoms. The van der Waals surface area contributed by atoms with Crippen molar-refractivity contribution in [2.45, 2.75) is 6.92 Å². The zero-order valence-electron chi connectivity index (χ0n) is 15.0. The van der Waals surface area contributed by atoms with E-state index in [2.05, 4.69) is 10.3 Å². The van der Waals surface area contributed by atoms with Crippen molar-refractivity contribution >= 4 is 28.9 Å². The van der Waals surface area contributed by atoms with Crippen LogP contribution in [0.4, 0.5) is 17.3 Å². The van der Waals surface area contributed by atoms with Crippen LogP contribution in [0, 0.1) is 10.1 Å². The van der Waals surface area contributed by atoms with Crippen LogP contribution >= 0.6 is 0 Å². The molecule has 0 spiro atoms. The number of imidazole rings is 1. The minimum Gasteiger partial charge on any atom is -0.497 e. The number of ether oxygens (including phenoxy) is 1. The van der Waals surface area contributed by atoms with E-state index < -0.39 is 4.92 Å². The normalized spacial score (nSPS) is 10.6. The van der Waals surface area contributed by atoms with E-state index in [4.69, 9.17) is 4.74 Å². The molecule has 0 aliphatic carbocycles. The van der Waals surface area contributed by atoms with E-state index >= 15 is 0 Å². The second-order valence-electron chi connectivity index (χ2n) is 5.74. The number of fused-ring (bicyclic) bond motifs is 1. The molecule has 0 radical (unpaired) electrons. The molecule has 0 atom stereocenters. The summed E-state index contributed by atoms with van der Waals surface area (Å²) < 4.78 is 6.49. The summed E-state index contributed by atoms with van der Waals surface area (Å²) >= 11 is 0. The lowest BCUT2D eigenvalue weighted by Gasteiger charge is -2.19. The molecule has 1 aromatic carbocycles. The van der Waals surface area contributed by atoms with E-state index in [1.54, 1.807) is 60.7 Å². The Kier molecular flexibility index (Phi) is 5.20. The molecule has 0 bridgehead atoms. The maximum absolute atomic E-state index is 12.4. The Balaban J connectivity index is 1.82. The summed E-state index contributed by atoms with van der Waals surface area (Å²) in [5.74, 6) is 0.389. The van der Waals surface area contributed by atoms with E-state index in [1.807, 2.05) is 6.92 Å². The van der Waals surface area contributed by atoms with Crippen LogP contribution < -0.4 is 15.0 Å². The van der Waals surface area contributed by atoms with Crippen molar-refractivity contribution in [1.82, 2.24) is 9.38 Å². The third-order valence-corrected chi connectivity index (χ3v) is 4.05. The molecule has 9 heteroatoms. The number of likely N-dealkylation sites (N-methyl/N-ethyl adjacent to an activating group) is 1.